The number of nitrogens with zero attached hydrogens (tertiary/aromatic N) is 1. The minimum Gasteiger partial charge on any atom is -0.376 e. The number of aryl methyl sites for hydroxylation is 1. The number of aliphatic hydroxyl groups is 1. The van der Waals surface area contributed by atoms with Gasteiger partial charge in [-0.05, 0) is 54.7 Å². The number of likely N-dealkylation sites (tertiary alicyclic amines) is 1. The van der Waals surface area contributed by atoms with E-state index in [2.05, 4.69) is 0 Å². The number of fused-ring (bicyclic) bond motifs is 3. The molecule has 1 fully saturated rings. The van der Waals surface area contributed by atoms with Gasteiger partial charge in [0.05, 0.1) is 10.9 Å². The van der Waals surface area contributed by atoms with Crippen LogP contribution in [0.5, 0.6) is 0 Å². The van der Waals surface area contributed by atoms with Gasteiger partial charge >= 0.3 is 24.2 Å². The molecule has 0 aromatic heterocycles. The molecule has 0 spiro atoms. The molecule has 2 aromatic rings. The molecule has 17 heteroatoms. The van der Waals surface area contributed by atoms with Gasteiger partial charge in [-0.25, -0.2) is 17.2 Å². The number of benzene rings is 2. The van der Waals surface area contributed by atoms with Crippen molar-refractivity contribution in [3.05, 3.63) is 65.0 Å². The molecule has 4 rings (SSSR count). The number of alkyl halides is 10. The van der Waals surface area contributed by atoms with E-state index in [9.17, 15) is 66.6 Å². The number of halogens is 11. The van der Waals surface area contributed by atoms with Crippen LogP contribution in [0.2, 0.25) is 0 Å². The fourth-order valence-corrected chi connectivity index (χ4v) is 7.98. The van der Waals surface area contributed by atoms with Gasteiger partial charge in [-0.3, -0.25) is 4.79 Å². The van der Waals surface area contributed by atoms with Crippen molar-refractivity contribution in [2.24, 2.45) is 0 Å². The lowest BCUT2D eigenvalue weighted by Gasteiger charge is -2.43. The molecule has 1 heterocycles. The van der Waals surface area contributed by atoms with Crippen molar-refractivity contribution in [2.45, 2.75) is 65.2 Å². The number of aliphatic hydroxyl groups excluding tert-OH is 1. The third-order valence-corrected chi connectivity index (χ3v) is 10.0. The van der Waals surface area contributed by atoms with Gasteiger partial charge in [-0.15, -0.1) is 0 Å². The van der Waals surface area contributed by atoms with Crippen LogP contribution in [0.4, 0.5) is 48.3 Å². The lowest BCUT2D eigenvalue weighted by atomic mass is 9.76. The Bertz CT molecular complexity index is 1440. The maximum atomic E-state index is 14.8. The number of sulfone groups is 1. The fourth-order valence-electron chi connectivity index (χ4n) is 5.61. The second kappa shape index (κ2) is 9.54. The first kappa shape index (κ1) is 31.0. The predicted octanol–water partition coefficient (Wildman–Crippen LogP) is 5.25. The summed E-state index contributed by atoms with van der Waals surface area (Å²) in [5.74, 6) is -2.81. The van der Waals surface area contributed by atoms with E-state index in [1.807, 2.05) is 0 Å². The Kier molecular flexibility index (Phi) is 7.21. The van der Waals surface area contributed by atoms with Crippen LogP contribution in [0.15, 0.2) is 47.4 Å². The van der Waals surface area contributed by atoms with Crippen LogP contribution in [0, 0.1) is 5.82 Å². The van der Waals surface area contributed by atoms with Gasteiger partial charge in [0.1, 0.15) is 10.6 Å². The van der Waals surface area contributed by atoms with Gasteiger partial charge in [0.2, 0.25) is 6.10 Å². The molecule has 1 aliphatic carbocycles. The number of rotatable bonds is 4. The Hall–Kier alpha value is -2.95. The Morgan fingerprint density at radius 1 is 0.927 bits per heavy atom. The lowest BCUT2D eigenvalue weighted by molar-refractivity contribution is -0.348. The second-order valence-electron chi connectivity index (χ2n) is 9.65. The van der Waals surface area contributed by atoms with Crippen molar-refractivity contribution in [3.63, 3.8) is 0 Å². The second-order valence-corrected chi connectivity index (χ2v) is 11.9. The normalized spacial score (nSPS) is 22.7. The highest BCUT2D eigenvalue weighted by molar-refractivity contribution is 7.92. The SMILES string of the molecule is O=C([C@H](O)C(F)(F)F)N1CC[C@@]2(S(=O)(=O)c3ccc(F)cc3)c3ccc(C(F)(C(F)(F)F)C(F)(F)F)cc3CC[C@@H]12. The van der Waals surface area contributed by atoms with Gasteiger partial charge in [0.25, 0.3) is 5.91 Å². The summed E-state index contributed by atoms with van der Waals surface area (Å²) in [4.78, 5) is 12.5. The molecule has 0 unspecified atom stereocenters. The summed E-state index contributed by atoms with van der Waals surface area (Å²) in [6, 6.07) is 2.13. The van der Waals surface area contributed by atoms with Crippen LogP contribution in [0.1, 0.15) is 29.5 Å². The molecular weight excluding hydrogens is 607 g/mol. The molecule has 0 saturated carbocycles. The van der Waals surface area contributed by atoms with Crippen LogP contribution in [-0.4, -0.2) is 61.6 Å². The van der Waals surface area contributed by atoms with E-state index >= 15 is 0 Å². The first-order valence-corrected chi connectivity index (χ1v) is 13.1. The average Bonchev–Trinajstić information content (AvgIpc) is 3.27. The summed E-state index contributed by atoms with van der Waals surface area (Å²) < 4.78 is 174. The molecule has 3 atom stereocenters. The highest BCUT2D eigenvalue weighted by atomic mass is 32.2. The van der Waals surface area contributed by atoms with Gasteiger partial charge in [0, 0.05) is 12.1 Å². The zero-order chi connectivity index (χ0) is 31.0. The van der Waals surface area contributed by atoms with Crippen molar-refractivity contribution in [3.8, 4) is 0 Å². The molecule has 2 aromatic carbocycles. The maximum absolute atomic E-state index is 14.8. The molecule has 1 aliphatic heterocycles. The van der Waals surface area contributed by atoms with Gasteiger partial charge in [0.15, 0.2) is 9.84 Å². The molecule has 41 heavy (non-hydrogen) atoms. The van der Waals surface area contributed by atoms with Crippen LogP contribution in [0.25, 0.3) is 0 Å². The summed E-state index contributed by atoms with van der Waals surface area (Å²) in [6.07, 6.45) is -23.8. The largest absolute Gasteiger partial charge is 0.435 e. The van der Waals surface area contributed by atoms with E-state index in [0.717, 1.165) is 24.3 Å². The molecule has 1 N–H and O–H groups in total. The summed E-state index contributed by atoms with van der Waals surface area (Å²) in [5, 5.41) is 9.55. The summed E-state index contributed by atoms with van der Waals surface area (Å²) in [7, 11) is -4.88. The molecule has 1 amide bonds. The minimum absolute atomic E-state index is 0.0825. The first-order chi connectivity index (χ1) is 18.6. The zero-order valence-corrected chi connectivity index (χ0v) is 21.0. The van der Waals surface area contributed by atoms with Gasteiger partial charge in [-0.1, -0.05) is 18.2 Å². The van der Waals surface area contributed by atoms with Crippen LogP contribution in [0.3, 0.4) is 0 Å². The van der Waals surface area contributed by atoms with Crippen LogP contribution in [-0.2, 0) is 31.5 Å². The number of amides is 1. The summed E-state index contributed by atoms with van der Waals surface area (Å²) >= 11 is 0. The predicted molar refractivity (Wildman–Crippen MR) is 117 cm³/mol. The minimum atomic E-state index is -6.47. The van der Waals surface area contributed by atoms with Crippen LogP contribution >= 0.6 is 0 Å². The number of carbonyl (C=O) groups is 1. The topological polar surface area (TPSA) is 74.7 Å². The van der Waals surface area contributed by atoms with Crippen molar-refractivity contribution in [1.82, 2.24) is 4.90 Å². The number of carbonyl (C=O) groups excluding carboxylic acids is 1. The molecule has 226 valence electrons. The van der Waals surface area contributed by atoms with E-state index in [1.54, 1.807) is 0 Å². The molecule has 5 nitrogen and oxygen atoms in total. The Balaban J connectivity index is 1.95. The molecule has 1 saturated heterocycles. The summed E-state index contributed by atoms with van der Waals surface area (Å²) in [6.45, 7) is -0.712. The Morgan fingerprint density at radius 3 is 2.00 bits per heavy atom. The molecule has 0 bridgehead atoms. The smallest absolute Gasteiger partial charge is 0.376 e. The fraction of sp³-hybridized carbons (Fsp3) is 0.458. The van der Waals surface area contributed by atoms with Crippen molar-refractivity contribution in [1.29, 1.82) is 0 Å². The molecular formula is C24H18F11NO4S. The van der Waals surface area contributed by atoms with Crippen molar-refractivity contribution >= 4 is 15.7 Å². The van der Waals surface area contributed by atoms with Crippen LogP contribution < -0.4 is 0 Å². The highest BCUT2D eigenvalue weighted by Crippen LogP contribution is 2.56. The van der Waals surface area contributed by atoms with Crippen molar-refractivity contribution < 1.29 is 66.6 Å². The van der Waals surface area contributed by atoms with Crippen molar-refractivity contribution in [2.75, 3.05) is 6.54 Å². The number of hydrogen-bond donors (Lipinski definition) is 1. The van der Waals surface area contributed by atoms with Gasteiger partial charge in [-0.2, -0.15) is 39.5 Å². The zero-order valence-electron chi connectivity index (χ0n) is 20.2. The molecule has 2 aliphatic rings. The highest BCUT2D eigenvalue weighted by Gasteiger charge is 2.74. The van der Waals surface area contributed by atoms with E-state index in [0.29, 0.717) is 11.0 Å². The maximum Gasteiger partial charge on any atom is 0.435 e. The average molecular weight is 625 g/mol. The first-order valence-electron chi connectivity index (χ1n) is 11.6. The van der Waals surface area contributed by atoms with E-state index in [-0.39, 0.29) is 12.1 Å². The van der Waals surface area contributed by atoms with E-state index in [4.69, 9.17) is 0 Å². The monoisotopic (exact) mass is 625 g/mol. The molecule has 0 radical (unpaired) electrons. The Labute approximate surface area is 224 Å². The number of hydrogen-bond acceptors (Lipinski definition) is 4. The standard InChI is InChI=1S/C24H18F11NO4S/c25-14-3-5-15(6-4-14)41(39,40)20-9-10-36(19(38)18(37)22(27,28)29)17(20)8-1-12-11-13(2-7-16(12)20)21(26,23(30,31)32)24(33,34)35/h2-7,11,17-18,37H,1,8-10H2/t17-,18+,20-/m1/s1. The summed E-state index contributed by atoms with van der Waals surface area (Å²) in [5.41, 5.74) is -8.69. The lowest BCUT2D eigenvalue weighted by Crippen LogP contribution is -2.55. The quantitative estimate of drug-likeness (QED) is 0.372. The Morgan fingerprint density at radius 2 is 1.49 bits per heavy atom. The third-order valence-electron chi connectivity index (χ3n) is 7.50. The van der Waals surface area contributed by atoms with Gasteiger partial charge < -0.3 is 10.0 Å². The van der Waals surface area contributed by atoms with E-state index in [1.165, 1.54) is 0 Å². The van der Waals surface area contributed by atoms with E-state index < -0.39 is 110 Å². The third kappa shape index (κ3) is 4.55.